The monoisotopic (exact) mass is 318 g/mol. The van der Waals surface area contributed by atoms with Gasteiger partial charge in [-0.1, -0.05) is 6.07 Å². The number of hydrogen-bond donors (Lipinski definition) is 2. The Balaban J connectivity index is 1.80. The van der Waals surface area contributed by atoms with E-state index in [0.29, 0.717) is 29.4 Å². The van der Waals surface area contributed by atoms with Crippen LogP contribution in [0.15, 0.2) is 34.9 Å². The molecule has 0 saturated carbocycles. The van der Waals surface area contributed by atoms with E-state index in [0.717, 1.165) is 18.4 Å². The molecule has 0 aliphatic carbocycles. The summed E-state index contributed by atoms with van der Waals surface area (Å²) in [7, 11) is 3.22. The number of carbonyl (C=O) groups excluding carboxylic acids is 1. The predicted molar refractivity (Wildman–Crippen MR) is 86.8 cm³/mol. The minimum absolute atomic E-state index is 0.152. The van der Waals surface area contributed by atoms with E-state index < -0.39 is 0 Å². The van der Waals surface area contributed by atoms with Crippen LogP contribution in [0.3, 0.4) is 0 Å². The van der Waals surface area contributed by atoms with Crippen LogP contribution in [0.2, 0.25) is 0 Å². The molecule has 1 aromatic carbocycles. The van der Waals surface area contributed by atoms with Gasteiger partial charge < -0.3 is 24.9 Å². The van der Waals surface area contributed by atoms with Gasteiger partial charge in [0.1, 0.15) is 12.0 Å². The van der Waals surface area contributed by atoms with Crippen LogP contribution in [0.4, 0.5) is 0 Å². The molecule has 0 spiro atoms. The lowest BCUT2D eigenvalue weighted by molar-refractivity contribution is 0.0952. The lowest BCUT2D eigenvalue weighted by atomic mass is 10.1. The molecule has 1 aromatic heterocycles. The summed E-state index contributed by atoms with van der Waals surface area (Å²) in [4.78, 5) is 11.9. The number of nitrogens with two attached hydrogens (primary N) is 1. The second-order valence-electron chi connectivity index (χ2n) is 5.05. The van der Waals surface area contributed by atoms with Crippen molar-refractivity contribution in [3.8, 4) is 11.5 Å². The summed E-state index contributed by atoms with van der Waals surface area (Å²) in [6, 6.07) is 7.48. The zero-order chi connectivity index (χ0) is 16.7. The lowest BCUT2D eigenvalue weighted by Crippen LogP contribution is -2.24. The van der Waals surface area contributed by atoms with Crippen molar-refractivity contribution in [2.24, 2.45) is 5.73 Å². The van der Waals surface area contributed by atoms with Crippen LogP contribution in [-0.4, -0.2) is 26.7 Å². The van der Waals surface area contributed by atoms with E-state index in [4.69, 9.17) is 19.6 Å². The van der Waals surface area contributed by atoms with Crippen LogP contribution >= 0.6 is 0 Å². The van der Waals surface area contributed by atoms with E-state index in [2.05, 4.69) is 5.32 Å². The van der Waals surface area contributed by atoms with Crippen molar-refractivity contribution in [3.63, 3.8) is 0 Å². The van der Waals surface area contributed by atoms with Gasteiger partial charge in [0.25, 0.3) is 5.91 Å². The van der Waals surface area contributed by atoms with E-state index in [1.54, 1.807) is 20.3 Å². The molecule has 2 aromatic rings. The van der Waals surface area contributed by atoms with Gasteiger partial charge in [0.05, 0.1) is 26.3 Å². The van der Waals surface area contributed by atoms with Gasteiger partial charge in [0.15, 0.2) is 11.5 Å². The Morgan fingerprint density at radius 2 is 2.00 bits per heavy atom. The first-order valence-corrected chi connectivity index (χ1v) is 7.44. The van der Waals surface area contributed by atoms with Gasteiger partial charge in [-0.05, 0) is 36.6 Å². The quantitative estimate of drug-likeness (QED) is 0.728. The summed E-state index contributed by atoms with van der Waals surface area (Å²) in [5.41, 5.74) is 7.08. The number of nitrogens with one attached hydrogen (secondary N) is 1. The highest BCUT2D eigenvalue weighted by Gasteiger charge is 2.09. The Hall–Kier alpha value is -2.47. The molecule has 6 heteroatoms. The molecule has 0 aliphatic rings. The highest BCUT2D eigenvalue weighted by atomic mass is 16.5. The van der Waals surface area contributed by atoms with E-state index in [9.17, 15) is 4.79 Å². The maximum absolute atomic E-state index is 11.9. The molecule has 2 rings (SSSR count). The minimum Gasteiger partial charge on any atom is -0.493 e. The molecule has 0 atom stereocenters. The maximum atomic E-state index is 11.9. The van der Waals surface area contributed by atoms with Gasteiger partial charge in [0.2, 0.25) is 0 Å². The molecule has 1 heterocycles. The molecule has 0 unspecified atom stereocenters. The molecule has 23 heavy (non-hydrogen) atoms. The number of rotatable bonds is 8. The molecule has 3 N–H and O–H groups in total. The summed E-state index contributed by atoms with van der Waals surface area (Å²) < 4.78 is 15.6. The standard InChI is InChI=1S/C17H22N2O4/c1-21-15-6-5-12(8-16(15)22-2)4-3-7-19-17(20)13-9-14(10-18)23-11-13/h5-6,8-9,11H,3-4,7,10,18H2,1-2H3,(H,19,20). The number of aryl methyl sites for hydroxylation is 1. The first-order chi connectivity index (χ1) is 11.2. The van der Waals surface area contributed by atoms with Crippen molar-refractivity contribution in [2.45, 2.75) is 19.4 Å². The third kappa shape index (κ3) is 4.50. The minimum atomic E-state index is -0.152. The van der Waals surface area contributed by atoms with Crippen molar-refractivity contribution in [1.29, 1.82) is 0 Å². The fourth-order valence-electron chi connectivity index (χ4n) is 2.24. The molecule has 124 valence electrons. The summed E-state index contributed by atoms with van der Waals surface area (Å²) in [6.45, 7) is 0.864. The molecular formula is C17H22N2O4. The van der Waals surface area contributed by atoms with Crippen LogP contribution in [0, 0.1) is 0 Å². The number of benzene rings is 1. The largest absolute Gasteiger partial charge is 0.493 e. The highest BCUT2D eigenvalue weighted by molar-refractivity contribution is 5.93. The fraction of sp³-hybridized carbons (Fsp3) is 0.353. The average molecular weight is 318 g/mol. The second-order valence-corrected chi connectivity index (χ2v) is 5.05. The molecule has 0 bridgehead atoms. The number of amides is 1. The normalized spacial score (nSPS) is 10.4. The highest BCUT2D eigenvalue weighted by Crippen LogP contribution is 2.27. The number of furan rings is 1. The molecule has 0 radical (unpaired) electrons. The van der Waals surface area contributed by atoms with Crippen LogP contribution in [0.1, 0.15) is 28.1 Å². The summed E-state index contributed by atoms with van der Waals surface area (Å²) in [6.07, 6.45) is 3.08. The molecule has 0 aliphatic heterocycles. The van der Waals surface area contributed by atoms with Gasteiger partial charge in [-0.25, -0.2) is 0 Å². The summed E-state index contributed by atoms with van der Waals surface area (Å²) in [5.74, 6) is 1.86. The summed E-state index contributed by atoms with van der Waals surface area (Å²) >= 11 is 0. The maximum Gasteiger partial charge on any atom is 0.254 e. The smallest absolute Gasteiger partial charge is 0.254 e. The van der Waals surface area contributed by atoms with Crippen LogP contribution in [-0.2, 0) is 13.0 Å². The number of methoxy groups -OCH3 is 2. The Morgan fingerprint density at radius 3 is 2.65 bits per heavy atom. The van der Waals surface area contributed by atoms with Crippen molar-refractivity contribution in [2.75, 3.05) is 20.8 Å². The first-order valence-electron chi connectivity index (χ1n) is 7.44. The van der Waals surface area contributed by atoms with E-state index >= 15 is 0 Å². The van der Waals surface area contributed by atoms with Crippen molar-refractivity contribution in [3.05, 3.63) is 47.4 Å². The van der Waals surface area contributed by atoms with E-state index in [1.807, 2.05) is 18.2 Å². The van der Waals surface area contributed by atoms with Gasteiger partial charge in [-0.3, -0.25) is 4.79 Å². The predicted octanol–water partition coefficient (Wildman–Crippen LogP) is 2.12. The van der Waals surface area contributed by atoms with Gasteiger partial charge >= 0.3 is 0 Å². The van der Waals surface area contributed by atoms with Gasteiger partial charge in [-0.15, -0.1) is 0 Å². The zero-order valence-corrected chi connectivity index (χ0v) is 13.4. The van der Waals surface area contributed by atoms with Crippen LogP contribution < -0.4 is 20.5 Å². The second kappa shape index (κ2) is 8.24. The SMILES string of the molecule is COc1ccc(CCCNC(=O)c2coc(CN)c2)cc1OC. The Labute approximate surface area is 135 Å². The van der Waals surface area contributed by atoms with Crippen LogP contribution in [0.25, 0.3) is 0 Å². The van der Waals surface area contributed by atoms with Gasteiger partial charge in [0, 0.05) is 6.54 Å². The van der Waals surface area contributed by atoms with Crippen molar-refractivity contribution >= 4 is 5.91 Å². The zero-order valence-electron chi connectivity index (χ0n) is 13.4. The third-order valence-corrected chi connectivity index (χ3v) is 3.49. The molecule has 0 fully saturated rings. The first kappa shape index (κ1) is 16.9. The van der Waals surface area contributed by atoms with E-state index in [1.165, 1.54) is 6.26 Å². The third-order valence-electron chi connectivity index (χ3n) is 3.49. The fourth-order valence-corrected chi connectivity index (χ4v) is 2.24. The number of carbonyl (C=O) groups is 1. The van der Waals surface area contributed by atoms with E-state index in [-0.39, 0.29) is 12.5 Å². The van der Waals surface area contributed by atoms with Crippen molar-refractivity contribution < 1.29 is 18.7 Å². The molecule has 0 saturated heterocycles. The number of ether oxygens (including phenoxy) is 2. The van der Waals surface area contributed by atoms with Crippen molar-refractivity contribution in [1.82, 2.24) is 5.32 Å². The van der Waals surface area contributed by atoms with Gasteiger partial charge in [-0.2, -0.15) is 0 Å². The lowest BCUT2D eigenvalue weighted by Gasteiger charge is -2.09. The molecule has 1 amide bonds. The van der Waals surface area contributed by atoms with Crippen LogP contribution in [0.5, 0.6) is 11.5 Å². The average Bonchev–Trinajstić information content (AvgIpc) is 3.07. The number of hydrogen-bond acceptors (Lipinski definition) is 5. The Bertz CT molecular complexity index is 652. The summed E-state index contributed by atoms with van der Waals surface area (Å²) in [5, 5.41) is 2.86. The topological polar surface area (TPSA) is 86.7 Å². The Kier molecular flexibility index (Phi) is 6.05. The molecule has 6 nitrogen and oxygen atoms in total. The molecular weight excluding hydrogens is 296 g/mol. The Morgan fingerprint density at radius 1 is 1.22 bits per heavy atom.